The standard InChI is InChI=1S/C25H37PS2/c1-2-3-4-5-12-22-28-23-21-26(27,19-17-24-13-8-6-9-14-24)20-18-25-15-10-7-11-16-25/h6-11,13-16H,2-5,12,17-23H2,1H3. The van der Waals surface area contributed by atoms with E-state index in [4.69, 9.17) is 11.8 Å². The van der Waals surface area contributed by atoms with E-state index in [0.29, 0.717) is 0 Å². The third-order valence-electron chi connectivity index (χ3n) is 5.34. The van der Waals surface area contributed by atoms with Crippen LogP contribution in [0.25, 0.3) is 0 Å². The highest BCUT2D eigenvalue weighted by molar-refractivity contribution is 8.15. The second-order valence-corrected chi connectivity index (χ2v) is 14.7. The number of rotatable bonds is 15. The zero-order chi connectivity index (χ0) is 19.9. The molecule has 0 nitrogen and oxygen atoms in total. The van der Waals surface area contributed by atoms with Crippen LogP contribution in [-0.4, -0.2) is 30.0 Å². The number of aryl methyl sites for hydroxylation is 2. The summed E-state index contributed by atoms with van der Waals surface area (Å²) in [6.45, 7) is 2.28. The molecule has 0 amide bonds. The van der Waals surface area contributed by atoms with Crippen LogP contribution >= 0.6 is 17.8 Å². The normalized spacial score (nSPS) is 11.6. The largest absolute Gasteiger partial charge is 0.162 e. The Morgan fingerprint density at radius 3 is 1.75 bits per heavy atom. The van der Waals surface area contributed by atoms with Gasteiger partial charge in [-0.25, -0.2) is 0 Å². The van der Waals surface area contributed by atoms with Gasteiger partial charge in [0.25, 0.3) is 0 Å². The fourth-order valence-electron chi connectivity index (χ4n) is 3.43. The predicted octanol–water partition coefficient (Wildman–Crippen LogP) is 7.65. The van der Waals surface area contributed by atoms with Crippen LogP contribution in [0.5, 0.6) is 0 Å². The smallest absolute Gasteiger partial charge is 0.00209 e. The second-order valence-electron chi connectivity index (χ2n) is 7.73. The molecule has 0 saturated carbocycles. The van der Waals surface area contributed by atoms with Gasteiger partial charge in [0.1, 0.15) is 0 Å². The molecule has 0 aliphatic rings. The summed E-state index contributed by atoms with van der Waals surface area (Å²) < 4.78 is 0. The van der Waals surface area contributed by atoms with E-state index in [2.05, 4.69) is 79.3 Å². The van der Waals surface area contributed by atoms with E-state index in [-0.39, 0.29) is 0 Å². The fraction of sp³-hybridized carbons (Fsp3) is 0.520. The molecular weight excluding hydrogens is 395 g/mol. The molecule has 3 heteroatoms. The monoisotopic (exact) mass is 432 g/mol. The predicted molar refractivity (Wildman–Crippen MR) is 135 cm³/mol. The highest BCUT2D eigenvalue weighted by Crippen LogP contribution is 2.47. The molecule has 2 aromatic rings. The Bertz CT molecular complexity index is 622. The van der Waals surface area contributed by atoms with Crippen molar-refractivity contribution in [2.45, 2.75) is 51.9 Å². The number of thioether (sulfide) groups is 1. The molecule has 2 aromatic carbocycles. The summed E-state index contributed by atoms with van der Waals surface area (Å²) in [5, 5.41) is 0. The zero-order valence-electron chi connectivity index (χ0n) is 17.5. The van der Waals surface area contributed by atoms with E-state index >= 15 is 0 Å². The van der Waals surface area contributed by atoms with Gasteiger partial charge in [0.2, 0.25) is 0 Å². The maximum atomic E-state index is 6.33. The van der Waals surface area contributed by atoms with Gasteiger partial charge in [0.05, 0.1) is 0 Å². The van der Waals surface area contributed by atoms with Gasteiger partial charge >= 0.3 is 0 Å². The van der Waals surface area contributed by atoms with Crippen LogP contribution in [0, 0.1) is 0 Å². The molecule has 0 aromatic heterocycles. The van der Waals surface area contributed by atoms with Gasteiger partial charge < -0.3 is 0 Å². The molecule has 28 heavy (non-hydrogen) atoms. The lowest BCUT2D eigenvalue weighted by Gasteiger charge is -2.22. The molecule has 0 radical (unpaired) electrons. The first kappa shape index (κ1) is 23.7. The summed E-state index contributed by atoms with van der Waals surface area (Å²) in [6, 6.07) is 20.5. The third kappa shape index (κ3) is 10.3. The van der Waals surface area contributed by atoms with Crippen molar-refractivity contribution < 1.29 is 0 Å². The van der Waals surface area contributed by atoms with Crippen LogP contribution in [0.1, 0.15) is 50.2 Å². The molecule has 0 atom stereocenters. The SMILES string of the molecule is CCCCCCCSCCP(=S)(CCc1ccccc1)CCc1ccccc1. The number of unbranched alkanes of at least 4 members (excludes halogenated alkanes) is 4. The zero-order valence-corrected chi connectivity index (χ0v) is 20.0. The van der Waals surface area contributed by atoms with Crippen LogP contribution in [-0.2, 0) is 24.6 Å². The van der Waals surface area contributed by atoms with E-state index in [0.717, 1.165) is 12.8 Å². The minimum atomic E-state index is -1.30. The molecule has 2 rings (SSSR count). The summed E-state index contributed by atoms with van der Waals surface area (Å²) in [5.74, 6) is 2.57. The highest BCUT2D eigenvalue weighted by atomic mass is 32.4. The first-order valence-corrected chi connectivity index (χ1v) is 15.5. The van der Waals surface area contributed by atoms with Gasteiger partial charge in [-0.15, -0.1) is 0 Å². The summed E-state index contributed by atoms with van der Waals surface area (Å²) in [6.07, 6.45) is 12.9. The summed E-state index contributed by atoms with van der Waals surface area (Å²) in [4.78, 5) is 0. The maximum absolute atomic E-state index is 6.33. The lowest BCUT2D eigenvalue weighted by atomic mass is 10.2. The maximum Gasteiger partial charge on any atom is -0.00209 e. The second kappa shape index (κ2) is 14.4. The van der Waals surface area contributed by atoms with Crippen molar-refractivity contribution in [1.82, 2.24) is 0 Å². The van der Waals surface area contributed by atoms with Crippen molar-refractivity contribution >= 4 is 29.6 Å². The van der Waals surface area contributed by atoms with Gasteiger partial charge in [0, 0.05) is 0 Å². The Labute approximate surface area is 182 Å². The first-order chi connectivity index (χ1) is 13.7. The van der Waals surface area contributed by atoms with Gasteiger partial charge in [-0.1, -0.05) is 105 Å². The van der Waals surface area contributed by atoms with E-state index in [1.807, 2.05) is 0 Å². The minimum absolute atomic E-state index is 1.15. The van der Waals surface area contributed by atoms with Gasteiger partial charge in [0.15, 0.2) is 0 Å². The molecule has 0 fully saturated rings. The van der Waals surface area contributed by atoms with Crippen LogP contribution in [0.15, 0.2) is 60.7 Å². The van der Waals surface area contributed by atoms with Gasteiger partial charge in [-0.05, 0) is 66.4 Å². The molecule has 154 valence electrons. The Balaban J connectivity index is 1.80. The first-order valence-electron chi connectivity index (χ1n) is 10.9. The van der Waals surface area contributed by atoms with E-state index in [1.54, 1.807) is 0 Å². The molecule has 0 N–H and O–H groups in total. The van der Waals surface area contributed by atoms with Crippen molar-refractivity contribution in [3.8, 4) is 0 Å². The summed E-state index contributed by atoms with van der Waals surface area (Å²) in [7, 11) is 0. The molecule has 0 aliphatic heterocycles. The van der Waals surface area contributed by atoms with Gasteiger partial charge in [-0.3, -0.25) is 0 Å². The lowest BCUT2D eigenvalue weighted by molar-refractivity contribution is 0.659. The van der Waals surface area contributed by atoms with Gasteiger partial charge in [-0.2, -0.15) is 11.8 Å². The van der Waals surface area contributed by atoms with Crippen molar-refractivity contribution in [3.63, 3.8) is 0 Å². The van der Waals surface area contributed by atoms with Crippen LogP contribution in [0.2, 0.25) is 0 Å². The molecule has 0 bridgehead atoms. The molecule has 0 heterocycles. The van der Waals surface area contributed by atoms with E-state index in [9.17, 15) is 0 Å². The Kier molecular flexibility index (Phi) is 12.2. The summed E-state index contributed by atoms with van der Waals surface area (Å²) in [5.41, 5.74) is 2.89. The van der Waals surface area contributed by atoms with Crippen molar-refractivity contribution in [3.05, 3.63) is 71.8 Å². The topological polar surface area (TPSA) is 0 Å². The molecule has 0 spiro atoms. The average Bonchev–Trinajstić information content (AvgIpc) is 2.74. The van der Waals surface area contributed by atoms with Crippen molar-refractivity contribution in [2.24, 2.45) is 0 Å². The van der Waals surface area contributed by atoms with Crippen LogP contribution in [0.4, 0.5) is 0 Å². The Hall–Kier alpha value is -0.560. The molecule has 0 unspecified atom stereocenters. The van der Waals surface area contributed by atoms with Crippen LogP contribution in [0.3, 0.4) is 0 Å². The molecule has 0 saturated heterocycles. The quantitative estimate of drug-likeness (QED) is 0.209. The molecule has 0 aliphatic carbocycles. The summed E-state index contributed by atoms with van der Waals surface area (Å²) >= 11 is 8.48. The molecular formula is C25H37PS2. The van der Waals surface area contributed by atoms with Crippen LogP contribution < -0.4 is 0 Å². The van der Waals surface area contributed by atoms with E-state index < -0.39 is 6.04 Å². The Morgan fingerprint density at radius 1 is 0.679 bits per heavy atom. The highest BCUT2D eigenvalue weighted by Gasteiger charge is 2.17. The van der Waals surface area contributed by atoms with Crippen molar-refractivity contribution in [2.75, 3.05) is 30.0 Å². The minimum Gasteiger partial charge on any atom is -0.162 e. The average molecular weight is 433 g/mol. The Morgan fingerprint density at radius 2 is 1.21 bits per heavy atom. The third-order valence-corrected chi connectivity index (χ3v) is 11.5. The van der Waals surface area contributed by atoms with E-state index in [1.165, 1.54) is 73.2 Å². The number of hydrogen-bond donors (Lipinski definition) is 0. The van der Waals surface area contributed by atoms with Crippen molar-refractivity contribution in [1.29, 1.82) is 0 Å². The number of benzene rings is 2. The fourth-order valence-corrected chi connectivity index (χ4v) is 9.11. The number of hydrogen-bond acceptors (Lipinski definition) is 2. The lowest BCUT2D eigenvalue weighted by Crippen LogP contribution is -2.07.